The molecule has 0 fully saturated rings. The molecule has 0 aliphatic heterocycles. The van der Waals surface area contributed by atoms with Crippen LogP contribution in [0.2, 0.25) is 0 Å². The van der Waals surface area contributed by atoms with Crippen molar-refractivity contribution in [2.45, 2.75) is 25.6 Å². The Morgan fingerprint density at radius 3 is 2.17 bits per heavy atom. The smallest absolute Gasteiger partial charge is 0.264 e. The minimum absolute atomic E-state index is 0.428. The Morgan fingerprint density at radius 1 is 1.50 bits per heavy atom. The molecule has 2 N–H and O–H groups in total. The molecule has 0 bridgehead atoms. The lowest BCUT2D eigenvalue weighted by Gasteiger charge is -2.23. The van der Waals surface area contributed by atoms with Crippen LogP contribution in [0.1, 0.15) is 13.8 Å². The Bertz CT molecular complexity index is 225. The van der Waals surface area contributed by atoms with E-state index in [-0.39, 0.29) is 0 Å². The number of aliphatic hydroxyl groups excluding tert-OH is 1. The molecule has 5 nitrogen and oxygen atoms in total. The second-order valence-electron chi connectivity index (χ2n) is 3.16. The van der Waals surface area contributed by atoms with E-state index in [4.69, 9.17) is 10.2 Å². The van der Waals surface area contributed by atoms with E-state index in [1.807, 2.05) is 0 Å². The summed E-state index contributed by atoms with van der Waals surface area (Å²) in [5.74, 6) is 0. The highest BCUT2D eigenvalue weighted by Gasteiger charge is 2.25. The fourth-order valence-electron chi connectivity index (χ4n) is 0.392. The van der Waals surface area contributed by atoms with Crippen molar-refractivity contribution < 1.29 is 22.8 Å². The zero-order chi connectivity index (χ0) is 9.99. The van der Waals surface area contributed by atoms with E-state index < -0.39 is 28.4 Å². The van der Waals surface area contributed by atoms with Crippen LogP contribution in [0.4, 0.5) is 0 Å². The number of hydrogen-bond donors (Lipinski definition) is 2. The van der Waals surface area contributed by atoms with Gasteiger partial charge in [-0.25, -0.2) is 0 Å². The highest BCUT2D eigenvalue weighted by Crippen LogP contribution is 2.08. The summed E-state index contributed by atoms with van der Waals surface area (Å²) in [6.07, 6.45) is -0.336. The highest BCUT2D eigenvalue weighted by molar-refractivity contribution is 7.85. The van der Waals surface area contributed by atoms with Crippen LogP contribution >= 0.6 is 0 Å². The predicted octanol–water partition coefficient (Wildman–Crippen LogP) is -0.906. The molecule has 0 heterocycles. The van der Waals surface area contributed by atoms with Gasteiger partial charge in [-0.2, -0.15) is 8.42 Å². The molecule has 0 saturated carbocycles. The van der Waals surface area contributed by atoms with E-state index in [2.05, 4.69) is 4.18 Å². The van der Waals surface area contributed by atoms with Crippen molar-refractivity contribution in [3.05, 3.63) is 0 Å². The maximum Gasteiger partial charge on any atom is 0.264 e. The van der Waals surface area contributed by atoms with Crippen molar-refractivity contribution in [3.63, 3.8) is 0 Å². The zero-order valence-electron chi connectivity index (χ0n) is 7.31. The van der Waals surface area contributed by atoms with Gasteiger partial charge in [-0.3, -0.25) is 4.18 Å². The van der Waals surface area contributed by atoms with Gasteiger partial charge in [0.15, 0.2) is 0 Å². The van der Waals surface area contributed by atoms with E-state index in [0.29, 0.717) is 0 Å². The Labute approximate surface area is 72.1 Å². The predicted molar refractivity (Wildman–Crippen MR) is 43.1 cm³/mol. The minimum atomic E-state index is -3.55. The fraction of sp³-hybridized carbons (Fsp3) is 1.00. The third-order valence-corrected chi connectivity index (χ3v) is 1.82. The average Bonchev–Trinajstić information content (AvgIpc) is 1.78. The van der Waals surface area contributed by atoms with Crippen LogP contribution in [-0.4, -0.2) is 43.2 Å². The van der Waals surface area contributed by atoms with Crippen LogP contribution in [0.3, 0.4) is 0 Å². The highest BCUT2D eigenvalue weighted by atomic mass is 32.2. The van der Waals surface area contributed by atoms with Crippen LogP contribution in [0, 0.1) is 0 Å². The largest absolute Gasteiger partial charge is 0.388 e. The molecule has 0 radical (unpaired) electrons. The van der Waals surface area contributed by atoms with Crippen LogP contribution in [0.5, 0.6) is 0 Å². The molecule has 0 aromatic rings. The SMILES string of the molecule is CC(C)(O)C(O)COS(C)(=O)=O. The summed E-state index contributed by atoms with van der Waals surface area (Å²) in [6, 6.07) is 0. The van der Waals surface area contributed by atoms with Gasteiger partial charge >= 0.3 is 0 Å². The second kappa shape index (κ2) is 3.69. The maximum absolute atomic E-state index is 10.4. The van der Waals surface area contributed by atoms with Crippen molar-refractivity contribution in [1.29, 1.82) is 0 Å². The summed E-state index contributed by atoms with van der Waals surface area (Å²) in [7, 11) is -3.55. The van der Waals surface area contributed by atoms with E-state index >= 15 is 0 Å². The van der Waals surface area contributed by atoms with Gasteiger partial charge in [-0.05, 0) is 13.8 Å². The zero-order valence-corrected chi connectivity index (χ0v) is 8.13. The topological polar surface area (TPSA) is 83.8 Å². The molecule has 6 heteroatoms. The normalized spacial score (nSPS) is 16.1. The number of hydrogen-bond acceptors (Lipinski definition) is 5. The summed E-state index contributed by atoms with van der Waals surface area (Å²) in [6.45, 7) is 2.30. The molecule has 1 atom stereocenters. The molecule has 0 aromatic carbocycles. The van der Waals surface area contributed by atoms with E-state index in [9.17, 15) is 8.42 Å². The van der Waals surface area contributed by atoms with Gasteiger partial charge in [0.1, 0.15) is 6.10 Å². The van der Waals surface area contributed by atoms with Crippen LogP contribution in [-0.2, 0) is 14.3 Å². The monoisotopic (exact) mass is 198 g/mol. The number of rotatable bonds is 4. The molecule has 0 aromatic heterocycles. The molecule has 1 unspecified atom stereocenters. The summed E-state index contributed by atoms with van der Waals surface area (Å²) in [5, 5.41) is 18.3. The standard InChI is InChI=1S/C6H14O5S/c1-6(2,8)5(7)4-11-12(3,9)10/h5,7-8H,4H2,1-3H3. The quantitative estimate of drug-likeness (QED) is 0.572. The molecule has 12 heavy (non-hydrogen) atoms. The Balaban J connectivity index is 3.97. The van der Waals surface area contributed by atoms with Gasteiger partial charge in [0.25, 0.3) is 10.1 Å². The molecule has 0 aliphatic rings. The molecule has 0 rings (SSSR count). The molecule has 74 valence electrons. The first kappa shape index (κ1) is 11.8. The van der Waals surface area contributed by atoms with E-state index in [0.717, 1.165) is 6.26 Å². The first-order valence-corrected chi connectivity index (χ1v) is 5.19. The number of aliphatic hydroxyl groups is 2. The van der Waals surface area contributed by atoms with Crippen molar-refractivity contribution in [2.75, 3.05) is 12.9 Å². The van der Waals surface area contributed by atoms with Gasteiger partial charge in [0.2, 0.25) is 0 Å². The van der Waals surface area contributed by atoms with Gasteiger partial charge in [-0.1, -0.05) is 0 Å². The first-order chi connectivity index (χ1) is 5.13. The van der Waals surface area contributed by atoms with Crippen LogP contribution in [0.25, 0.3) is 0 Å². The molecular formula is C6H14O5S. The van der Waals surface area contributed by atoms with E-state index in [1.54, 1.807) is 0 Å². The Hall–Kier alpha value is -0.170. The Morgan fingerprint density at radius 2 is 1.92 bits per heavy atom. The summed E-state index contributed by atoms with van der Waals surface area (Å²) >= 11 is 0. The molecule has 0 spiro atoms. The third-order valence-electron chi connectivity index (χ3n) is 1.26. The van der Waals surface area contributed by atoms with Gasteiger partial charge in [-0.15, -0.1) is 0 Å². The second-order valence-corrected chi connectivity index (χ2v) is 4.80. The van der Waals surface area contributed by atoms with Crippen molar-refractivity contribution in [3.8, 4) is 0 Å². The maximum atomic E-state index is 10.4. The van der Waals surface area contributed by atoms with Crippen LogP contribution in [0.15, 0.2) is 0 Å². The fourth-order valence-corrected chi connectivity index (χ4v) is 0.768. The van der Waals surface area contributed by atoms with Crippen molar-refractivity contribution in [2.24, 2.45) is 0 Å². The summed E-state index contributed by atoms with van der Waals surface area (Å²) in [4.78, 5) is 0. The summed E-state index contributed by atoms with van der Waals surface area (Å²) < 4.78 is 25.2. The molecule has 0 amide bonds. The Kier molecular flexibility index (Phi) is 3.64. The third kappa shape index (κ3) is 5.48. The molecular weight excluding hydrogens is 184 g/mol. The summed E-state index contributed by atoms with van der Waals surface area (Å²) in [5.41, 5.74) is -1.36. The molecule has 0 aliphatic carbocycles. The van der Waals surface area contributed by atoms with E-state index in [1.165, 1.54) is 13.8 Å². The molecule has 0 saturated heterocycles. The lowest BCUT2D eigenvalue weighted by molar-refractivity contribution is -0.0651. The first-order valence-electron chi connectivity index (χ1n) is 3.38. The van der Waals surface area contributed by atoms with Crippen LogP contribution < -0.4 is 0 Å². The van der Waals surface area contributed by atoms with Gasteiger partial charge < -0.3 is 10.2 Å². The van der Waals surface area contributed by atoms with Gasteiger partial charge in [0, 0.05) is 0 Å². The average molecular weight is 198 g/mol. The van der Waals surface area contributed by atoms with Crippen molar-refractivity contribution >= 4 is 10.1 Å². The minimum Gasteiger partial charge on any atom is -0.388 e. The van der Waals surface area contributed by atoms with Crippen molar-refractivity contribution in [1.82, 2.24) is 0 Å². The lowest BCUT2D eigenvalue weighted by atomic mass is 10.0. The van der Waals surface area contributed by atoms with Gasteiger partial charge in [0.05, 0.1) is 18.5 Å². The lowest BCUT2D eigenvalue weighted by Crippen LogP contribution is -2.39.